The van der Waals surface area contributed by atoms with Gasteiger partial charge in [0.25, 0.3) is 5.91 Å². The fraction of sp³-hybridized carbons (Fsp3) is 0.105. The SMILES string of the molecule is COc1ccc(C=NNC(=O)c2nn(Cc3cccc(Br)c3)cc2[N+](=O)[O-])cc1. The van der Waals surface area contributed by atoms with Crippen LogP contribution < -0.4 is 10.2 Å². The maximum Gasteiger partial charge on any atom is 0.320 e. The van der Waals surface area contributed by atoms with E-state index in [-0.39, 0.29) is 12.2 Å². The number of hydrogen-bond donors (Lipinski definition) is 1. The van der Waals surface area contributed by atoms with Gasteiger partial charge in [-0.25, -0.2) is 5.43 Å². The largest absolute Gasteiger partial charge is 0.497 e. The zero-order valence-electron chi connectivity index (χ0n) is 15.3. The molecule has 9 nitrogen and oxygen atoms in total. The molecule has 0 bridgehead atoms. The molecule has 1 aromatic heterocycles. The van der Waals surface area contributed by atoms with Crippen molar-refractivity contribution in [1.29, 1.82) is 0 Å². The van der Waals surface area contributed by atoms with Gasteiger partial charge in [0.1, 0.15) is 11.9 Å². The number of nitro groups is 1. The van der Waals surface area contributed by atoms with Gasteiger partial charge in [0.15, 0.2) is 0 Å². The molecule has 29 heavy (non-hydrogen) atoms. The van der Waals surface area contributed by atoms with Crippen LogP contribution in [0.15, 0.2) is 64.3 Å². The second-order valence-corrected chi connectivity index (χ2v) is 6.84. The molecule has 0 unspecified atom stereocenters. The lowest BCUT2D eigenvalue weighted by Gasteiger charge is -2.01. The van der Waals surface area contributed by atoms with Gasteiger partial charge >= 0.3 is 5.69 Å². The Kier molecular flexibility index (Phi) is 6.35. The maximum absolute atomic E-state index is 12.3. The number of carbonyl (C=O) groups is 1. The van der Waals surface area contributed by atoms with Gasteiger partial charge in [0.05, 0.1) is 24.8 Å². The summed E-state index contributed by atoms with van der Waals surface area (Å²) in [6, 6.07) is 14.4. The first-order chi connectivity index (χ1) is 14.0. The van der Waals surface area contributed by atoms with Gasteiger partial charge in [-0.05, 0) is 47.5 Å². The lowest BCUT2D eigenvalue weighted by atomic mass is 10.2. The molecule has 2 aromatic carbocycles. The number of ether oxygens (including phenoxy) is 1. The van der Waals surface area contributed by atoms with Crippen molar-refractivity contribution in [2.75, 3.05) is 7.11 Å². The monoisotopic (exact) mass is 457 g/mol. The second-order valence-electron chi connectivity index (χ2n) is 5.92. The van der Waals surface area contributed by atoms with E-state index in [2.05, 4.69) is 31.6 Å². The Bertz CT molecular complexity index is 1060. The summed E-state index contributed by atoms with van der Waals surface area (Å²) >= 11 is 3.37. The van der Waals surface area contributed by atoms with Crippen molar-refractivity contribution in [2.24, 2.45) is 5.10 Å². The Balaban J connectivity index is 1.73. The standard InChI is InChI=1S/C19H16BrN5O4/c1-29-16-7-5-13(6-8-16)10-21-22-19(26)18-17(25(27)28)12-24(23-18)11-14-3-2-4-15(20)9-14/h2-10,12H,11H2,1H3,(H,22,26). The number of benzene rings is 2. The molecular weight excluding hydrogens is 442 g/mol. The summed E-state index contributed by atoms with van der Waals surface area (Å²) in [6.45, 7) is 0.280. The molecule has 1 N–H and O–H groups in total. The molecule has 0 saturated heterocycles. The summed E-state index contributed by atoms with van der Waals surface area (Å²) in [4.78, 5) is 23.0. The predicted molar refractivity (Wildman–Crippen MR) is 110 cm³/mol. The number of hydrogen-bond acceptors (Lipinski definition) is 6. The minimum atomic E-state index is -0.769. The van der Waals surface area contributed by atoms with E-state index in [0.29, 0.717) is 5.75 Å². The summed E-state index contributed by atoms with van der Waals surface area (Å²) in [6.07, 6.45) is 2.64. The minimum Gasteiger partial charge on any atom is -0.497 e. The number of rotatable bonds is 7. The molecule has 0 aliphatic heterocycles. The van der Waals surface area contributed by atoms with E-state index in [4.69, 9.17) is 4.74 Å². The quantitative estimate of drug-likeness (QED) is 0.332. The summed E-state index contributed by atoms with van der Waals surface area (Å²) < 4.78 is 7.29. The molecule has 1 heterocycles. The van der Waals surface area contributed by atoms with Gasteiger partial charge in [-0.2, -0.15) is 10.2 Å². The molecule has 0 atom stereocenters. The average Bonchev–Trinajstić information content (AvgIpc) is 3.13. The molecule has 148 valence electrons. The number of nitrogens with zero attached hydrogens (tertiary/aromatic N) is 4. The lowest BCUT2D eigenvalue weighted by molar-refractivity contribution is -0.385. The van der Waals surface area contributed by atoms with E-state index < -0.39 is 16.5 Å². The van der Waals surface area contributed by atoms with Crippen LogP contribution in [-0.4, -0.2) is 33.9 Å². The van der Waals surface area contributed by atoms with Gasteiger partial charge in [0, 0.05) is 4.47 Å². The van der Waals surface area contributed by atoms with Crippen LogP contribution in [0.25, 0.3) is 0 Å². The fourth-order valence-electron chi connectivity index (χ4n) is 2.52. The third kappa shape index (κ3) is 5.26. The van der Waals surface area contributed by atoms with Crippen molar-refractivity contribution in [2.45, 2.75) is 6.54 Å². The first-order valence-corrected chi connectivity index (χ1v) is 9.19. The Morgan fingerprint density at radius 3 is 2.76 bits per heavy atom. The fourth-order valence-corrected chi connectivity index (χ4v) is 2.96. The van der Waals surface area contributed by atoms with Gasteiger partial charge in [0.2, 0.25) is 5.69 Å². The van der Waals surface area contributed by atoms with E-state index in [1.165, 1.54) is 17.1 Å². The van der Waals surface area contributed by atoms with Crippen LogP contribution >= 0.6 is 15.9 Å². The topological polar surface area (TPSA) is 112 Å². The zero-order chi connectivity index (χ0) is 20.8. The highest BCUT2D eigenvalue weighted by atomic mass is 79.9. The molecule has 0 spiro atoms. The molecule has 3 rings (SSSR count). The van der Waals surface area contributed by atoms with Crippen LogP contribution in [0.4, 0.5) is 5.69 Å². The molecule has 0 radical (unpaired) electrons. The first kappa shape index (κ1) is 20.2. The molecule has 0 aliphatic carbocycles. The third-order valence-electron chi connectivity index (χ3n) is 3.88. The van der Waals surface area contributed by atoms with E-state index in [9.17, 15) is 14.9 Å². The second kappa shape index (κ2) is 9.11. The van der Waals surface area contributed by atoms with Gasteiger partial charge in [-0.15, -0.1) is 0 Å². The first-order valence-electron chi connectivity index (χ1n) is 8.40. The van der Waals surface area contributed by atoms with Gasteiger partial charge in [-0.1, -0.05) is 28.1 Å². The van der Waals surface area contributed by atoms with Gasteiger partial charge in [-0.3, -0.25) is 19.6 Å². The van der Waals surface area contributed by atoms with Crippen molar-refractivity contribution >= 4 is 33.7 Å². The van der Waals surface area contributed by atoms with Crippen LogP contribution in [0, 0.1) is 10.1 Å². The number of nitrogens with one attached hydrogen (secondary N) is 1. The molecule has 1 amide bonds. The highest BCUT2D eigenvalue weighted by Gasteiger charge is 2.25. The van der Waals surface area contributed by atoms with E-state index >= 15 is 0 Å². The van der Waals surface area contributed by atoms with Crippen LogP contribution in [0.3, 0.4) is 0 Å². The predicted octanol–water partition coefficient (Wildman–Crippen LogP) is 3.37. The van der Waals surface area contributed by atoms with Crippen LogP contribution in [0.2, 0.25) is 0 Å². The molecule has 0 fully saturated rings. The highest BCUT2D eigenvalue weighted by molar-refractivity contribution is 9.10. The van der Waals surface area contributed by atoms with Crippen molar-refractivity contribution in [3.8, 4) is 5.75 Å². The summed E-state index contributed by atoms with van der Waals surface area (Å²) in [5, 5.41) is 19.2. The summed E-state index contributed by atoms with van der Waals surface area (Å²) in [7, 11) is 1.56. The minimum absolute atomic E-state index is 0.280. The Labute approximate surface area is 174 Å². The molecular formula is C19H16BrN5O4. The number of carbonyl (C=O) groups excluding carboxylic acids is 1. The molecule has 3 aromatic rings. The number of amides is 1. The molecule has 0 aliphatic rings. The van der Waals surface area contributed by atoms with E-state index in [1.807, 2.05) is 24.3 Å². The van der Waals surface area contributed by atoms with E-state index in [0.717, 1.165) is 15.6 Å². The van der Waals surface area contributed by atoms with Gasteiger partial charge < -0.3 is 4.74 Å². The average molecular weight is 458 g/mol. The summed E-state index contributed by atoms with van der Waals surface area (Å²) in [5.74, 6) is -0.0766. The number of methoxy groups -OCH3 is 1. The Morgan fingerprint density at radius 2 is 2.10 bits per heavy atom. The zero-order valence-corrected chi connectivity index (χ0v) is 16.9. The molecule has 10 heteroatoms. The van der Waals surface area contributed by atoms with Crippen LogP contribution in [0.5, 0.6) is 5.75 Å². The molecule has 0 saturated carbocycles. The number of hydrazone groups is 1. The highest BCUT2D eigenvalue weighted by Crippen LogP contribution is 2.19. The number of aromatic nitrogens is 2. The third-order valence-corrected chi connectivity index (χ3v) is 4.38. The maximum atomic E-state index is 12.3. The smallest absolute Gasteiger partial charge is 0.320 e. The lowest BCUT2D eigenvalue weighted by Crippen LogP contribution is -2.19. The Morgan fingerprint density at radius 1 is 1.34 bits per heavy atom. The van der Waals surface area contributed by atoms with Crippen molar-refractivity contribution in [1.82, 2.24) is 15.2 Å². The van der Waals surface area contributed by atoms with Crippen molar-refractivity contribution in [3.05, 3.63) is 86.1 Å². The van der Waals surface area contributed by atoms with Crippen molar-refractivity contribution in [3.63, 3.8) is 0 Å². The normalized spacial score (nSPS) is 10.8. The van der Waals surface area contributed by atoms with Crippen LogP contribution in [-0.2, 0) is 6.54 Å². The Hall–Kier alpha value is -3.53. The van der Waals surface area contributed by atoms with Crippen LogP contribution in [0.1, 0.15) is 21.6 Å². The number of halogens is 1. The van der Waals surface area contributed by atoms with E-state index in [1.54, 1.807) is 31.4 Å². The summed E-state index contributed by atoms with van der Waals surface area (Å²) in [5.41, 5.74) is 3.17. The van der Waals surface area contributed by atoms with Crippen molar-refractivity contribution < 1.29 is 14.5 Å².